The average molecular weight is 240 g/mol. The van der Waals surface area contributed by atoms with Crippen molar-refractivity contribution in [1.29, 1.82) is 0 Å². The molecule has 4 heteroatoms. The van der Waals surface area contributed by atoms with Crippen molar-refractivity contribution in [2.75, 3.05) is 0 Å². The van der Waals surface area contributed by atoms with Crippen molar-refractivity contribution in [1.82, 2.24) is 10.3 Å². The third-order valence-corrected chi connectivity index (χ3v) is 3.84. The lowest BCUT2D eigenvalue weighted by Crippen LogP contribution is -2.42. The first-order valence-electron chi connectivity index (χ1n) is 5.71. The summed E-state index contributed by atoms with van der Waals surface area (Å²) in [7, 11) is 0. The summed E-state index contributed by atoms with van der Waals surface area (Å²) in [5, 5.41) is 6.70. The average Bonchev–Trinajstić information content (AvgIpc) is 2.67. The number of thiazole rings is 1. The summed E-state index contributed by atoms with van der Waals surface area (Å²) in [6, 6.07) is 0.395. The minimum absolute atomic E-state index is 0.0238. The summed E-state index contributed by atoms with van der Waals surface area (Å²) < 4.78 is 6.04. The molecule has 2 heterocycles. The molecule has 1 aliphatic rings. The topological polar surface area (TPSA) is 34.2 Å². The van der Waals surface area contributed by atoms with Gasteiger partial charge in [-0.25, -0.2) is 4.98 Å². The Bertz CT molecular complexity index is 346. The molecule has 3 nitrogen and oxygen atoms in total. The maximum Gasteiger partial charge on any atom is 0.106 e. The van der Waals surface area contributed by atoms with Gasteiger partial charge in [0.2, 0.25) is 0 Å². The monoisotopic (exact) mass is 240 g/mol. The van der Waals surface area contributed by atoms with E-state index >= 15 is 0 Å². The highest BCUT2D eigenvalue weighted by Crippen LogP contribution is 2.37. The zero-order chi connectivity index (χ0) is 11.8. The van der Waals surface area contributed by atoms with Gasteiger partial charge in [-0.15, -0.1) is 11.3 Å². The van der Waals surface area contributed by atoms with Crippen LogP contribution in [0.3, 0.4) is 0 Å². The summed E-state index contributed by atoms with van der Waals surface area (Å²) in [5.41, 5.74) is -0.120. The molecular formula is C12H20N2OS. The van der Waals surface area contributed by atoms with Crippen LogP contribution in [0, 0.1) is 0 Å². The minimum Gasteiger partial charge on any atom is -0.368 e. The Labute approximate surface area is 101 Å². The van der Waals surface area contributed by atoms with E-state index < -0.39 is 0 Å². The van der Waals surface area contributed by atoms with Gasteiger partial charge < -0.3 is 10.1 Å². The summed E-state index contributed by atoms with van der Waals surface area (Å²) >= 11 is 1.69. The molecule has 1 unspecified atom stereocenters. The quantitative estimate of drug-likeness (QED) is 0.881. The zero-order valence-corrected chi connectivity index (χ0v) is 11.2. The van der Waals surface area contributed by atoms with E-state index in [-0.39, 0.29) is 11.2 Å². The Hall–Kier alpha value is -0.450. The summed E-state index contributed by atoms with van der Waals surface area (Å²) in [4.78, 5) is 4.28. The van der Waals surface area contributed by atoms with Gasteiger partial charge in [0.15, 0.2) is 0 Å². The molecule has 0 aromatic carbocycles. The highest BCUT2D eigenvalue weighted by atomic mass is 32.1. The molecule has 0 saturated carbocycles. The van der Waals surface area contributed by atoms with Gasteiger partial charge in [0.05, 0.1) is 11.2 Å². The van der Waals surface area contributed by atoms with Crippen LogP contribution in [0.4, 0.5) is 0 Å². The predicted molar refractivity (Wildman–Crippen MR) is 66.6 cm³/mol. The van der Waals surface area contributed by atoms with E-state index in [1.165, 1.54) is 0 Å². The molecule has 0 amide bonds. The van der Waals surface area contributed by atoms with E-state index in [4.69, 9.17) is 4.74 Å². The van der Waals surface area contributed by atoms with Gasteiger partial charge in [0.25, 0.3) is 0 Å². The first-order chi connectivity index (χ1) is 7.39. The van der Waals surface area contributed by atoms with Crippen molar-refractivity contribution in [3.05, 3.63) is 16.6 Å². The lowest BCUT2D eigenvalue weighted by Gasteiger charge is -2.27. The Balaban J connectivity index is 1.95. The van der Waals surface area contributed by atoms with Crippen LogP contribution < -0.4 is 5.32 Å². The largest absolute Gasteiger partial charge is 0.368 e. The van der Waals surface area contributed by atoms with Crippen molar-refractivity contribution in [2.45, 2.75) is 57.9 Å². The number of nitrogens with one attached hydrogen (secondary N) is 1. The Kier molecular flexibility index (Phi) is 3.07. The number of hydrogen-bond donors (Lipinski definition) is 1. The number of aromatic nitrogens is 1. The van der Waals surface area contributed by atoms with Crippen LogP contribution >= 0.6 is 11.3 Å². The summed E-state index contributed by atoms with van der Waals surface area (Å²) in [6.45, 7) is 9.45. The van der Waals surface area contributed by atoms with Gasteiger partial charge in [0.1, 0.15) is 5.01 Å². The van der Waals surface area contributed by atoms with Gasteiger partial charge in [-0.05, 0) is 34.1 Å². The first kappa shape index (κ1) is 12.0. The molecule has 16 heavy (non-hydrogen) atoms. The standard InChI is InChI=1S/C12H20N2OS/c1-11(2)7-9(12(3,4)15-11)14-8-10-13-5-6-16-10/h5-6,9,14H,7-8H2,1-4H3. The molecule has 1 aromatic heterocycles. The van der Waals surface area contributed by atoms with E-state index in [0.29, 0.717) is 6.04 Å². The van der Waals surface area contributed by atoms with Crippen LogP contribution in [0.1, 0.15) is 39.1 Å². The molecule has 1 N–H and O–H groups in total. The summed E-state index contributed by atoms with van der Waals surface area (Å²) in [6.07, 6.45) is 2.90. The van der Waals surface area contributed by atoms with Crippen LogP contribution in [-0.4, -0.2) is 22.2 Å². The number of nitrogens with zero attached hydrogens (tertiary/aromatic N) is 1. The maximum absolute atomic E-state index is 6.04. The smallest absolute Gasteiger partial charge is 0.106 e. The van der Waals surface area contributed by atoms with Crippen LogP contribution in [0.2, 0.25) is 0 Å². The van der Waals surface area contributed by atoms with Gasteiger partial charge in [-0.1, -0.05) is 0 Å². The molecule has 1 atom stereocenters. The molecule has 0 aliphatic carbocycles. The van der Waals surface area contributed by atoms with Gasteiger partial charge in [-0.2, -0.15) is 0 Å². The van der Waals surface area contributed by atoms with Crippen LogP contribution in [-0.2, 0) is 11.3 Å². The second-order valence-electron chi connectivity index (χ2n) is 5.53. The number of ether oxygens (including phenoxy) is 1. The molecule has 2 rings (SSSR count). The van der Waals surface area contributed by atoms with Crippen molar-refractivity contribution in [3.63, 3.8) is 0 Å². The van der Waals surface area contributed by atoms with Crippen molar-refractivity contribution in [3.8, 4) is 0 Å². The molecule has 0 spiro atoms. The third-order valence-electron chi connectivity index (χ3n) is 3.06. The predicted octanol–water partition coefficient (Wildman–Crippen LogP) is 2.58. The molecule has 1 saturated heterocycles. The van der Waals surface area contributed by atoms with Crippen LogP contribution in [0.25, 0.3) is 0 Å². The molecule has 0 bridgehead atoms. The maximum atomic E-state index is 6.04. The zero-order valence-electron chi connectivity index (χ0n) is 10.4. The minimum atomic E-state index is -0.0965. The fraction of sp³-hybridized carbons (Fsp3) is 0.750. The van der Waals surface area contributed by atoms with E-state index in [0.717, 1.165) is 18.0 Å². The normalized spacial score (nSPS) is 27.1. The third kappa shape index (κ3) is 2.62. The van der Waals surface area contributed by atoms with E-state index in [2.05, 4.69) is 38.0 Å². The van der Waals surface area contributed by atoms with E-state index in [1.54, 1.807) is 11.3 Å². The number of hydrogen-bond acceptors (Lipinski definition) is 4. The van der Waals surface area contributed by atoms with Crippen molar-refractivity contribution < 1.29 is 4.74 Å². The molecule has 90 valence electrons. The van der Waals surface area contributed by atoms with Crippen LogP contribution in [0.5, 0.6) is 0 Å². The molecule has 1 aliphatic heterocycles. The summed E-state index contributed by atoms with van der Waals surface area (Å²) in [5.74, 6) is 0. The van der Waals surface area contributed by atoms with Gasteiger partial charge in [0, 0.05) is 24.2 Å². The molecular weight excluding hydrogens is 220 g/mol. The highest BCUT2D eigenvalue weighted by molar-refractivity contribution is 7.09. The molecule has 1 fully saturated rings. The Morgan fingerprint density at radius 1 is 1.50 bits per heavy atom. The highest BCUT2D eigenvalue weighted by Gasteiger charge is 2.45. The Morgan fingerprint density at radius 3 is 2.75 bits per heavy atom. The van der Waals surface area contributed by atoms with E-state index in [1.807, 2.05) is 11.6 Å². The van der Waals surface area contributed by atoms with Crippen molar-refractivity contribution in [2.24, 2.45) is 0 Å². The fourth-order valence-corrected chi connectivity index (χ4v) is 3.00. The second kappa shape index (κ2) is 4.09. The van der Waals surface area contributed by atoms with Gasteiger partial charge >= 0.3 is 0 Å². The fourth-order valence-electron chi connectivity index (χ4n) is 2.43. The van der Waals surface area contributed by atoms with Crippen LogP contribution in [0.15, 0.2) is 11.6 Å². The SMILES string of the molecule is CC1(C)CC(NCc2nccs2)C(C)(C)O1. The number of rotatable bonds is 3. The molecule has 0 radical (unpaired) electrons. The van der Waals surface area contributed by atoms with Gasteiger partial charge in [-0.3, -0.25) is 0 Å². The second-order valence-corrected chi connectivity index (χ2v) is 6.51. The first-order valence-corrected chi connectivity index (χ1v) is 6.59. The Morgan fingerprint density at radius 2 is 2.25 bits per heavy atom. The van der Waals surface area contributed by atoms with Crippen molar-refractivity contribution >= 4 is 11.3 Å². The molecule has 1 aromatic rings. The van der Waals surface area contributed by atoms with E-state index in [9.17, 15) is 0 Å². The lowest BCUT2D eigenvalue weighted by molar-refractivity contribution is -0.0699. The lowest BCUT2D eigenvalue weighted by atomic mass is 9.94.